The molecule has 0 bridgehead atoms. The van der Waals surface area contributed by atoms with Gasteiger partial charge in [-0.25, -0.2) is 17.5 Å². The van der Waals surface area contributed by atoms with Gasteiger partial charge in [0.15, 0.2) is 5.96 Å². The number of hydrogen-bond donors (Lipinski definition) is 3. The molecule has 1 aromatic heterocycles. The first-order valence-corrected chi connectivity index (χ1v) is 10.8. The predicted molar refractivity (Wildman–Crippen MR) is 108 cm³/mol. The van der Waals surface area contributed by atoms with Crippen molar-refractivity contribution in [1.29, 1.82) is 0 Å². The lowest BCUT2D eigenvalue weighted by Gasteiger charge is -2.18. The Morgan fingerprint density at radius 3 is 2.56 bits per heavy atom. The third-order valence-electron chi connectivity index (χ3n) is 3.96. The fourth-order valence-electron chi connectivity index (χ4n) is 2.36. The zero-order valence-electron chi connectivity index (χ0n) is 15.8. The van der Waals surface area contributed by atoms with Crippen LogP contribution in [0.3, 0.4) is 0 Å². The average Bonchev–Trinajstić information content (AvgIpc) is 3.07. The molecule has 1 aromatic carbocycles. The topological polar surface area (TPSA) is 82.6 Å². The summed E-state index contributed by atoms with van der Waals surface area (Å²) in [7, 11) is -1.87. The van der Waals surface area contributed by atoms with Crippen LogP contribution in [0.2, 0.25) is 0 Å². The van der Waals surface area contributed by atoms with Crippen LogP contribution in [0.5, 0.6) is 0 Å². The van der Waals surface area contributed by atoms with Gasteiger partial charge in [0.2, 0.25) is 10.0 Å². The molecule has 0 saturated heterocycles. The molecular weight excluding hydrogens is 387 g/mol. The molecule has 1 unspecified atom stereocenters. The maximum atomic E-state index is 13.7. The van der Waals surface area contributed by atoms with Crippen molar-refractivity contribution in [2.45, 2.75) is 31.0 Å². The Hall–Kier alpha value is -1.97. The number of nitrogens with zero attached hydrogens (tertiary/aromatic N) is 1. The number of halogens is 1. The van der Waals surface area contributed by atoms with Gasteiger partial charge in [-0.05, 0) is 50.1 Å². The second-order valence-electron chi connectivity index (χ2n) is 6.14. The lowest BCUT2D eigenvalue weighted by atomic mass is 10.1. The molecule has 9 heteroatoms. The maximum absolute atomic E-state index is 13.7. The summed E-state index contributed by atoms with van der Waals surface area (Å²) in [6.07, 6.45) is 0. The number of guanidine groups is 1. The van der Waals surface area contributed by atoms with Gasteiger partial charge in [-0.1, -0.05) is 12.1 Å². The quantitative estimate of drug-likeness (QED) is 0.371. The van der Waals surface area contributed by atoms with E-state index in [1.807, 2.05) is 19.9 Å². The van der Waals surface area contributed by atoms with Crippen molar-refractivity contribution >= 4 is 27.3 Å². The van der Waals surface area contributed by atoms with Crippen molar-refractivity contribution in [2.75, 3.05) is 20.1 Å². The van der Waals surface area contributed by atoms with Crippen molar-refractivity contribution in [3.05, 3.63) is 52.2 Å². The fraction of sp³-hybridized carbons (Fsp3) is 0.389. The second kappa shape index (κ2) is 9.29. The molecule has 0 fully saturated rings. The smallest absolute Gasteiger partial charge is 0.250 e. The van der Waals surface area contributed by atoms with Crippen molar-refractivity contribution in [3.8, 4) is 0 Å². The molecule has 0 spiro atoms. The Balaban J connectivity index is 1.84. The van der Waals surface area contributed by atoms with Crippen molar-refractivity contribution in [2.24, 2.45) is 4.99 Å². The van der Waals surface area contributed by atoms with Crippen LogP contribution in [0.4, 0.5) is 4.39 Å². The van der Waals surface area contributed by atoms with Gasteiger partial charge in [0.1, 0.15) is 10.0 Å². The fourth-order valence-corrected chi connectivity index (χ4v) is 4.72. The first-order chi connectivity index (χ1) is 12.7. The lowest BCUT2D eigenvalue weighted by molar-refractivity contribution is 0.582. The van der Waals surface area contributed by atoms with E-state index in [1.54, 1.807) is 32.2 Å². The van der Waals surface area contributed by atoms with Gasteiger partial charge in [-0.15, -0.1) is 11.3 Å². The Bertz CT molecular complexity index is 910. The summed E-state index contributed by atoms with van der Waals surface area (Å²) in [6.45, 7) is 6.06. The zero-order chi connectivity index (χ0) is 20.0. The van der Waals surface area contributed by atoms with Gasteiger partial charge < -0.3 is 10.6 Å². The summed E-state index contributed by atoms with van der Waals surface area (Å²) in [6, 6.07) is 8.31. The van der Waals surface area contributed by atoms with Gasteiger partial charge in [-0.3, -0.25) is 4.99 Å². The molecule has 6 nitrogen and oxygen atoms in total. The average molecular weight is 413 g/mol. The minimum atomic E-state index is -3.49. The molecule has 0 saturated carbocycles. The van der Waals surface area contributed by atoms with E-state index in [-0.39, 0.29) is 18.4 Å². The molecule has 0 amide bonds. The number of aryl methyl sites for hydroxylation is 2. The van der Waals surface area contributed by atoms with Crippen LogP contribution < -0.4 is 15.4 Å². The zero-order valence-corrected chi connectivity index (χ0v) is 17.5. The van der Waals surface area contributed by atoms with E-state index in [1.165, 1.54) is 17.4 Å². The molecule has 27 heavy (non-hydrogen) atoms. The molecule has 0 radical (unpaired) electrons. The molecule has 3 N–H and O–H groups in total. The van der Waals surface area contributed by atoms with Crippen LogP contribution in [-0.4, -0.2) is 34.5 Å². The SMILES string of the molecule is CN=C(NCCNS(=O)(=O)c1ccc(C)s1)NC(C)c1ccc(C)c(F)c1. The minimum Gasteiger partial charge on any atom is -0.355 e. The van der Waals surface area contributed by atoms with E-state index in [2.05, 4.69) is 20.3 Å². The summed E-state index contributed by atoms with van der Waals surface area (Å²) in [5.74, 6) is 0.261. The Labute approximate surface area is 164 Å². The molecule has 148 valence electrons. The van der Waals surface area contributed by atoms with E-state index in [9.17, 15) is 12.8 Å². The van der Waals surface area contributed by atoms with E-state index < -0.39 is 10.0 Å². The highest BCUT2D eigenvalue weighted by atomic mass is 32.2. The summed E-state index contributed by atoms with van der Waals surface area (Å²) < 4.78 is 40.9. The molecule has 0 aliphatic heterocycles. The molecule has 2 rings (SSSR count). The summed E-state index contributed by atoms with van der Waals surface area (Å²) >= 11 is 1.23. The minimum absolute atomic E-state index is 0.155. The van der Waals surface area contributed by atoms with E-state index in [0.29, 0.717) is 22.3 Å². The van der Waals surface area contributed by atoms with Crippen LogP contribution in [0.25, 0.3) is 0 Å². The van der Waals surface area contributed by atoms with Crippen molar-refractivity contribution in [3.63, 3.8) is 0 Å². The Morgan fingerprint density at radius 1 is 1.22 bits per heavy atom. The number of hydrogen-bond acceptors (Lipinski definition) is 4. The monoisotopic (exact) mass is 412 g/mol. The van der Waals surface area contributed by atoms with E-state index in [0.717, 1.165) is 10.4 Å². The van der Waals surface area contributed by atoms with E-state index >= 15 is 0 Å². The standard InChI is InChI=1S/C18H25FN4O2S2/c1-12-5-7-15(11-16(12)19)14(3)23-18(20-4)21-9-10-22-27(24,25)17-8-6-13(2)26-17/h5-8,11,14,22H,9-10H2,1-4H3,(H2,20,21,23). The molecular formula is C18H25FN4O2S2. The Morgan fingerprint density at radius 2 is 1.96 bits per heavy atom. The molecule has 2 aromatic rings. The lowest BCUT2D eigenvalue weighted by Crippen LogP contribution is -2.42. The second-order valence-corrected chi connectivity index (χ2v) is 9.42. The number of sulfonamides is 1. The number of aliphatic imine (C=N–C) groups is 1. The van der Waals surface area contributed by atoms with Crippen LogP contribution in [0.15, 0.2) is 39.5 Å². The third-order valence-corrected chi connectivity index (χ3v) is 6.92. The molecule has 1 heterocycles. The normalized spacial score (nSPS) is 13.4. The molecule has 0 aliphatic carbocycles. The van der Waals surface area contributed by atoms with Gasteiger partial charge in [0, 0.05) is 25.0 Å². The van der Waals surface area contributed by atoms with Crippen molar-refractivity contribution < 1.29 is 12.8 Å². The maximum Gasteiger partial charge on any atom is 0.250 e. The van der Waals surface area contributed by atoms with Gasteiger partial charge in [0.05, 0.1) is 6.04 Å². The first-order valence-electron chi connectivity index (χ1n) is 8.52. The highest BCUT2D eigenvalue weighted by molar-refractivity contribution is 7.91. The number of rotatable bonds is 7. The largest absolute Gasteiger partial charge is 0.355 e. The highest BCUT2D eigenvalue weighted by Gasteiger charge is 2.15. The van der Waals surface area contributed by atoms with Crippen LogP contribution in [-0.2, 0) is 10.0 Å². The third kappa shape index (κ3) is 6.02. The molecule has 0 aliphatic rings. The number of thiophene rings is 1. The van der Waals surface area contributed by atoms with Crippen LogP contribution in [0, 0.1) is 19.7 Å². The van der Waals surface area contributed by atoms with Crippen LogP contribution in [0.1, 0.15) is 29.0 Å². The van der Waals surface area contributed by atoms with Crippen molar-refractivity contribution in [1.82, 2.24) is 15.4 Å². The summed E-state index contributed by atoms with van der Waals surface area (Å²) in [4.78, 5) is 5.06. The molecule has 1 atom stereocenters. The first kappa shape index (κ1) is 21.3. The van der Waals surface area contributed by atoms with Crippen LogP contribution >= 0.6 is 11.3 Å². The highest BCUT2D eigenvalue weighted by Crippen LogP contribution is 2.20. The predicted octanol–water partition coefficient (Wildman–Crippen LogP) is 2.71. The summed E-state index contributed by atoms with van der Waals surface area (Å²) in [5, 5.41) is 6.21. The number of nitrogens with one attached hydrogen (secondary N) is 3. The Kier molecular flexibility index (Phi) is 7.34. The summed E-state index contributed by atoms with van der Waals surface area (Å²) in [5.41, 5.74) is 1.40. The van der Waals surface area contributed by atoms with Gasteiger partial charge >= 0.3 is 0 Å². The van der Waals surface area contributed by atoms with E-state index in [4.69, 9.17) is 0 Å². The van der Waals surface area contributed by atoms with Gasteiger partial charge in [-0.2, -0.15) is 0 Å². The number of benzene rings is 1. The van der Waals surface area contributed by atoms with Gasteiger partial charge in [0.25, 0.3) is 0 Å².